The summed E-state index contributed by atoms with van der Waals surface area (Å²) in [5, 5.41) is 12.4. The lowest BCUT2D eigenvalue weighted by Gasteiger charge is -2.04. The molecule has 0 saturated carbocycles. The van der Waals surface area contributed by atoms with Crippen molar-refractivity contribution in [1.82, 2.24) is 9.78 Å². The van der Waals surface area contributed by atoms with Gasteiger partial charge in [0.1, 0.15) is 0 Å². The van der Waals surface area contributed by atoms with Gasteiger partial charge in [-0.2, -0.15) is 0 Å². The number of H-pyrrole nitrogens is 1. The van der Waals surface area contributed by atoms with Gasteiger partial charge in [0, 0.05) is 11.9 Å². The largest absolute Gasteiger partial charge is 0.478 e. The van der Waals surface area contributed by atoms with Crippen LogP contribution in [0.4, 0.5) is 5.69 Å². The molecule has 0 amide bonds. The number of aromatic carboxylic acids is 1. The highest BCUT2D eigenvalue weighted by Crippen LogP contribution is 2.22. The lowest BCUT2D eigenvalue weighted by Crippen LogP contribution is -2.18. The SMILES string of the molecule is Cc1ccccc1-n1[nH]c(C)c(C=Nc2cc(CS(=O)O)ccc2C(=O)O)c1=O. The first-order valence-corrected chi connectivity index (χ1v) is 9.91. The molecule has 1 heterocycles. The van der Waals surface area contributed by atoms with E-state index in [1.807, 2.05) is 31.2 Å². The lowest BCUT2D eigenvalue weighted by molar-refractivity contribution is 0.0698. The Bertz CT molecular complexity index is 1190. The number of hydrogen-bond donors (Lipinski definition) is 3. The molecule has 3 N–H and O–H groups in total. The van der Waals surface area contributed by atoms with Gasteiger partial charge in [0.15, 0.2) is 11.1 Å². The van der Waals surface area contributed by atoms with E-state index in [1.165, 1.54) is 29.1 Å². The minimum atomic E-state index is -2.07. The van der Waals surface area contributed by atoms with Crippen molar-refractivity contribution >= 4 is 29.0 Å². The number of nitrogens with one attached hydrogen (secondary N) is 1. The number of aryl methyl sites for hydroxylation is 2. The molecule has 0 saturated heterocycles. The summed E-state index contributed by atoms with van der Waals surface area (Å²) in [6.45, 7) is 3.61. The van der Waals surface area contributed by atoms with E-state index in [0.717, 1.165) is 5.56 Å². The number of nitrogens with zero attached hydrogens (tertiary/aromatic N) is 2. The molecule has 1 atom stereocenters. The van der Waals surface area contributed by atoms with E-state index in [9.17, 15) is 18.9 Å². The molecule has 8 nitrogen and oxygen atoms in total. The molecule has 9 heteroatoms. The van der Waals surface area contributed by atoms with Crippen LogP contribution in [0.25, 0.3) is 5.69 Å². The smallest absolute Gasteiger partial charge is 0.337 e. The average molecular weight is 413 g/mol. The molecule has 0 spiro atoms. The van der Waals surface area contributed by atoms with Gasteiger partial charge in [-0.15, -0.1) is 0 Å². The van der Waals surface area contributed by atoms with Crippen LogP contribution in [-0.2, 0) is 16.8 Å². The molecule has 1 unspecified atom stereocenters. The zero-order valence-corrected chi connectivity index (χ0v) is 16.6. The topological polar surface area (TPSA) is 125 Å². The van der Waals surface area contributed by atoms with Crippen LogP contribution in [0, 0.1) is 13.8 Å². The fourth-order valence-corrected chi connectivity index (χ4v) is 3.39. The van der Waals surface area contributed by atoms with Crippen LogP contribution in [0.5, 0.6) is 0 Å². The van der Waals surface area contributed by atoms with E-state index in [4.69, 9.17) is 4.55 Å². The Hall–Kier alpha value is -3.30. The summed E-state index contributed by atoms with van der Waals surface area (Å²) in [4.78, 5) is 28.5. The van der Waals surface area contributed by atoms with Crippen LogP contribution < -0.4 is 5.56 Å². The molecule has 29 heavy (non-hydrogen) atoms. The molecule has 2 aromatic carbocycles. The highest BCUT2D eigenvalue weighted by Gasteiger charge is 2.14. The van der Waals surface area contributed by atoms with Crippen LogP contribution in [0.3, 0.4) is 0 Å². The van der Waals surface area contributed by atoms with Crippen LogP contribution in [0.1, 0.15) is 32.7 Å². The summed E-state index contributed by atoms with van der Waals surface area (Å²) in [7, 11) is 0. The quantitative estimate of drug-likeness (QED) is 0.423. The van der Waals surface area contributed by atoms with Crippen molar-refractivity contribution in [3.63, 3.8) is 0 Å². The second-order valence-electron chi connectivity index (χ2n) is 6.46. The van der Waals surface area contributed by atoms with E-state index in [2.05, 4.69) is 10.1 Å². The van der Waals surface area contributed by atoms with Gasteiger partial charge in [0.05, 0.1) is 28.3 Å². The third-order valence-electron chi connectivity index (χ3n) is 4.39. The Morgan fingerprint density at radius 2 is 1.97 bits per heavy atom. The molecule has 0 bridgehead atoms. The van der Waals surface area contributed by atoms with Crippen LogP contribution in [0.2, 0.25) is 0 Å². The van der Waals surface area contributed by atoms with Crippen LogP contribution in [-0.4, -0.2) is 35.8 Å². The minimum absolute atomic E-state index is 0.0684. The number of carboxylic acid groups (broad SMARTS) is 1. The van der Waals surface area contributed by atoms with Gasteiger partial charge in [-0.25, -0.2) is 13.7 Å². The number of hydrogen-bond acceptors (Lipinski definition) is 4. The summed E-state index contributed by atoms with van der Waals surface area (Å²) in [6, 6.07) is 11.6. The Labute approximate surface area is 168 Å². The van der Waals surface area contributed by atoms with Gasteiger partial charge in [-0.3, -0.25) is 14.9 Å². The Balaban J connectivity index is 2.05. The van der Waals surface area contributed by atoms with E-state index in [1.54, 1.807) is 6.92 Å². The van der Waals surface area contributed by atoms with Gasteiger partial charge < -0.3 is 9.66 Å². The maximum atomic E-state index is 12.8. The van der Waals surface area contributed by atoms with Gasteiger partial charge in [0.25, 0.3) is 5.56 Å². The first-order valence-electron chi connectivity index (χ1n) is 8.63. The molecular weight excluding hydrogens is 394 g/mol. The van der Waals surface area contributed by atoms with E-state index in [0.29, 0.717) is 22.5 Å². The molecule has 150 valence electrons. The lowest BCUT2D eigenvalue weighted by atomic mass is 10.1. The summed E-state index contributed by atoms with van der Waals surface area (Å²) >= 11 is -2.07. The van der Waals surface area contributed by atoms with E-state index in [-0.39, 0.29) is 22.6 Å². The number of para-hydroxylation sites is 1. The normalized spacial score (nSPS) is 12.4. The zero-order valence-electron chi connectivity index (χ0n) is 15.7. The molecule has 1 aromatic heterocycles. The second kappa shape index (κ2) is 8.38. The van der Waals surface area contributed by atoms with Gasteiger partial charge >= 0.3 is 5.97 Å². The van der Waals surface area contributed by atoms with E-state index >= 15 is 0 Å². The summed E-state index contributed by atoms with van der Waals surface area (Å²) in [5.41, 5.74) is 2.67. The number of aromatic amines is 1. The van der Waals surface area contributed by atoms with Gasteiger partial charge in [0.2, 0.25) is 0 Å². The Kier molecular flexibility index (Phi) is 5.90. The van der Waals surface area contributed by atoms with Crippen molar-refractivity contribution < 1.29 is 18.7 Å². The summed E-state index contributed by atoms with van der Waals surface area (Å²) in [5.74, 6) is -1.33. The Morgan fingerprint density at radius 1 is 1.24 bits per heavy atom. The predicted molar refractivity (Wildman–Crippen MR) is 111 cm³/mol. The average Bonchev–Trinajstić information content (AvgIpc) is 2.93. The number of aromatic nitrogens is 2. The molecular formula is C20H19N3O5S. The first kappa shape index (κ1) is 20.4. The number of benzene rings is 2. The highest BCUT2D eigenvalue weighted by molar-refractivity contribution is 7.78. The fourth-order valence-electron chi connectivity index (χ4n) is 2.93. The van der Waals surface area contributed by atoms with Gasteiger partial charge in [-0.1, -0.05) is 24.3 Å². The monoisotopic (exact) mass is 413 g/mol. The Morgan fingerprint density at radius 3 is 2.62 bits per heavy atom. The van der Waals surface area contributed by atoms with Crippen LogP contribution >= 0.6 is 0 Å². The standard InChI is InChI=1S/C20H19N3O5S/c1-12-5-3-4-6-18(12)23-19(24)16(13(2)22-23)10-21-17-9-14(11-29(27)28)7-8-15(17)20(25)26/h3-10,22H,11H2,1-2H3,(H,25,26)(H,27,28). The summed E-state index contributed by atoms with van der Waals surface area (Å²) in [6.07, 6.45) is 1.31. The molecule has 3 rings (SSSR count). The molecule has 0 aliphatic rings. The minimum Gasteiger partial charge on any atom is -0.478 e. The number of carboxylic acids is 1. The molecule has 0 aliphatic heterocycles. The van der Waals surface area contributed by atoms with Crippen molar-refractivity contribution in [2.24, 2.45) is 4.99 Å². The maximum Gasteiger partial charge on any atom is 0.337 e. The van der Waals surface area contributed by atoms with E-state index < -0.39 is 17.0 Å². The van der Waals surface area contributed by atoms with Crippen molar-refractivity contribution in [2.45, 2.75) is 19.6 Å². The molecule has 0 fully saturated rings. The fraction of sp³-hybridized carbons (Fsp3) is 0.150. The summed E-state index contributed by atoms with van der Waals surface area (Å²) < 4.78 is 21.5. The van der Waals surface area contributed by atoms with Crippen LogP contribution in [0.15, 0.2) is 52.3 Å². The second-order valence-corrected chi connectivity index (χ2v) is 7.39. The predicted octanol–water partition coefficient (Wildman–Crippen LogP) is 2.95. The maximum absolute atomic E-state index is 12.8. The molecule has 0 radical (unpaired) electrons. The zero-order chi connectivity index (χ0) is 21.1. The first-order chi connectivity index (χ1) is 13.8. The molecule has 3 aromatic rings. The van der Waals surface area contributed by atoms with Crippen molar-refractivity contribution in [1.29, 1.82) is 0 Å². The van der Waals surface area contributed by atoms with Crippen molar-refractivity contribution in [3.8, 4) is 5.69 Å². The number of aliphatic imine (C=N–C) groups is 1. The third-order valence-corrected chi connectivity index (χ3v) is 4.97. The molecule has 0 aliphatic carbocycles. The number of rotatable bonds is 6. The van der Waals surface area contributed by atoms with Crippen molar-refractivity contribution in [2.75, 3.05) is 0 Å². The third kappa shape index (κ3) is 4.41. The highest BCUT2D eigenvalue weighted by atomic mass is 32.2. The van der Waals surface area contributed by atoms with Crippen molar-refractivity contribution in [3.05, 3.63) is 80.8 Å². The van der Waals surface area contributed by atoms with Gasteiger partial charge in [-0.05, 0) is 43.2 Å². The number of carbonyl (C=O) groups is 1.